The molecule has 86 heavy (non-hydrogen) atoms. The third-order valence-corrected chi connectivity index (χ3v) is 17.0. The van der Waals surface area contributed by atoms with E-state index < -0.39 is 153 Å². The molecule has 0 fully saturated rings. The Morgan fingerprint density at radius 2 is 0.756 bits per heavy atom. The first kappa shape index (κ1) is 62.9. The van der Waals surface area contributed by atoms with Crippen LogP contribution in [0.25, 0.3) is 9.81 Å². The molecule has 6 amide bonds. The number of fused-ring (bicyclic) bond motifs is 2. The number of amides is 6. The molecule has 440 valence electrons. The summed E-state index contributed by atoms with van der Waals surface area (Å²) in [5.74, 6) is -3.52. The van der Waals surface area contributed by atoms with Gasteiger partial charge in [0, 0.05) is 46.0 Å². The highest BCUT2D eigenvalue weighted by Crippen LogP contribution is 2.40. The molecule has 0 aliphatic heterocycles. The van der Waals surface area contributed by atoms with E-state index in [9.17, 15) is 102 Å². The lowest BCUT2D eigenvalue weighted by atomic mass is 9.99. The van der Waals surface area contributed by atoms with Crippen molar-refractivity contribution < 1.29 is 112 Å². The first-order valence-corrected chi connectivity index (χ1v) is 31.8. The van der Waals surface area contributed by atoms with Gasteiger partial charge < -0.3 is 48.6 Å². The average Bonchev–Trinajstić information content (AvgIpc) is 0.860. The van der Waals surface area contributed by atoms with Gasteiger partial charge in [0.25, 0.3) is 57.6 Å². The van der Waals surface area contributed by atoms with Crippen molar-refractivity contribution in [1.29, 1.82) is 0 Å². The summed E-state index contributed by atoms with van der Waals surface area (Å²) in [7, 11) is -34.1. The molecular formula is C51H32N6O23S6. The third kappa shape index (κ3) is 14.0. The van der Waals surface area contributed by atoms with Gasteiger partial charge in [-0.1, -0.05) is 24.3 Å². The van der Waals surface area contributed by atoms with Crippen molar-refractivity contribution in [2.24, 2.45) is 0 Å². The standard InChI is InChI=1S/C51H32N6O23S6/c1-25-9-11-29(49(60)54-37-13-15-41(83(69,70)71)35-21-33(81(63,64)65)23-43(45(35)37)85(75,76)77)19-39(25)56-47(58)27-5-3-7-31(17-27)52-51(62)53-32-8-4-6-28(18-32)48(59)57-40-20-30(12-10-26(40)2)50(61)55-38-14-16-42(84(72,73)74)36-22-34(82(66,67)68)24-44(46(36)38)86(78,79)80/h3-20H,1-2H3,(H8-4,52,53,54,55,56,57,58,59,60,61,62,63,64,65,66,67,68,69,70,71,72,73,74,75,76,77,78,79,80). The van der Waals surface area contributed by atoms with E-state index in [4.69, 9.17) is 0 Å². The molecule has 6 aromatic carbocycles. The molecule has 8 N–H and O–H groups in total. The minimum atomic E-state index is -5.80. The predicted octanol–water partition coefficient (Wildman–Crippen LogP) is 0.897. The Hall–Kier alpha value is -9.15. The summed E-state index contributed by atoms with van der Waals surface area (Å²) >= 11 is 0. The number of urea groups is 1. The molecule has 0 atom stereocenters. The Bertz CT molecular complexity index is 4580. The molecule has 0 saturated heterocycles. The van der Waals surface area contributed by atoms with Crippen LogP contribution in [0.5, 0.6) is 0 Å². The second-order valence-corrected chi connectivity index (χ2v) is 26.0. The molecule has 0 unspecified atom stereocenters. The summed E-state index contributed by atoms with van der Waals surface area (Å²) < 4.78 is 217. The third-order valence-electron chi connectivity index (χ3n) is 12.2. The van der Waals surface area contributed by atoms with Crippen LogP contribution in [0.2, 0.25) is 0 Å². The number of allylic oxidation sites excluding steroid dienone is 2. The number of quaternary nitrogens is 2. The number of hydrogen-bond donors (Lipinski definition) is 6. The first-order chi connectivity index (χ1) is 39.8. The molecule has 0 saturated carbocycles. The van der Waals surface area contributed by atoms with Gasteiger partial charge in [-0.15, -0.1) is 0 Å². The summed E-state index contributed by atoms with van der Waals surface area (Å²) in [5, 5.41) is 11.6. The van der Waals surface area contributed by atoms with Crippen LogP contribution in [0, 0.1) is 38.2 Å². The lowest BCUT2D eigenvalue weighted by Gasteiger charge is -2.13. The number of nitrogens with one attached hydrogen (secondary N) is 4. The van der Waals surface area contributed by atoms with Gasteiger partial charge in [0.05, 0.1) is 11.1 Å². The Labute approximate surface area is 487 Å². The smallest absolute Gasteiger partial charge is 0.407 e. The van der Waals surface area contributed by atoms with Gasteiger partial charge in [-0.25, -0.2) is 75.5 Å². The fourth-order valence-corrected chi connectivity index (χ4v) is 12.0. The summed E-state index contributed by atoms with van der Waals surface area (Å²) in [4.78, 5) is 58.8. The minimum Gasteiger partial charge on any atom is -0.744 e. The van der Waals surface area contributed by atoms with Crippen LogP contribution in [0.1, 0.15) is 74.8 Å². The van der Waals surface area contributed by atoms with E-state index in [1.807, 2.05) is 12.2 Å². The zero-order valence-electron chi connectivity index (χ0n) is 42.9. The molecular weight excluding hydrogens is 1260 g/mol. The highest BCUT2D eigenvalue weighted by atomic mass is 32.2. The molecule has 0 spiro atoms. The number of nitrogens with two attached hydrogens (primary N) is 2. The molecule has 0 aromatic heterocycles. The molecule has 2 aliphatic carbocycles. The van der Waals surface area contributed by atoms with Gasteiger partial charge in [0.2, 0.25) is 12.2 Å². The van der Waals surface area contributed by atoms with Gasteiger partial charge in [0.15, 0.2) is 40.5 Å². The average molecular weight is 1290 g/mol. The van der Waals surface area contributed by atoms with Crippen molar-refractivity contribution in [3.8, 4) is 0 Å². The topological polar surface area (TPSA) is 510 Å². The molecule has 0 radical (unpaired) electrons. The zero-order valence-corrected chi connectivity index (χ0v) is 47.8. The summed E-state index contributed by atoms with van der Waals surface area (Å²) in [6, 6.07) is 20.3. The van der Waals surface area contributed by atoms with E-state index in [1.165, 1.54) is 98.8 Å². The van der Waals surface area contributed by atoms with Gasteiger partial charge in [0.1, 0.15) is 30.0 Å². The Morgan fingerprint density at radius 3 is 1.08 bits per heavy atom. The molecule has 6 aromatic rings. The van der Waals surface area contributed by atoms with Crippen LogP contribution in [0.15, 0.2) is 129 Å². The number of carbonyl (C=O) groups is 5. The maximum atomic E-state index is 13.7. The second kappa shape index (κ2) is 23.0. The number of rotatable bonds is 16. The predicted molar refractivity (Wildman–Crippen MR) is 288 cm³/mol. The van der Waals surface area contributed by atoms with Gasteiger partial charge in [-0.2, -0.15) is 0 Å². The highest BCUT2D eigenvalue weighted by molar-refractivity contribution is 7.96. The van der Waals surface area contributed by atoms with Crippen molar-refractivity contribution in [1.82, 2.24) is 0 Å². The van der Waals surface area contributed by atoms with E-state index in [2.05, 4.69) is 21.3 Å². The highest BCUT2D eigenvalue weighted by Gasteiger charge is 2.51. The van der Waals surface area contributed by atoms with E-state index in [1.54, 1.807) is 12.2 Å². The lowest BCUT2D eigenvalue weighted by molar-refractivity contribution is -0.464. The van der Waals surface area contributed by atoms with Crippen LogP contribution in [-0.2, 0) is 60.7 Å². The number of anilines is 4. The number of benzene rings is 6. The maximum Gasteiger partial charge on any atom is 0.407 e. The van der Waals surface area contributed by atoms with Crippen molar-refractivity contribution in [2.45, 2.75) is 23.6 Å². The normalized spacial score (nSPS) is 13.2. The molecule has 0 bridgehead atoms. The lowest BCUT2D eigenvalue weighted by Crippen LogP contribution is -2.82. The van der Waals surface area contributed by atoms with E-state index in [0.717, 1.165) is 12.1 Å². The number of hydrogen-bond acceptors (Lipinski definition) is 23. The van der Waals surface area contributed by atoms with Crippen LogP contribution < -0.4 is 31.9 Å². The number of aryl methyl sites for hydroxylation is 2. The minimum absolute atomic E-state index is 0.0319. The number of carbonyl (C=O) groups excluding carboxylic acids is 5. The largest absolute Gasteiger partial charge is 0.744 e. The van der Waals surface area contributed by atoms with Crippen molar-refractivity contribution >= 4 is 134 Å². The molecule has 0 heterocycles. The van der Waals surface area contributed by atoms with Crippen molar-refractivity contribution in [3.05, 3.63) is 199 Å². The zero-order chi connectivity index (χ0) is 63.4. The molecule has 29 nitrogen and oxygen atoms in total. The molecule has 2 aliphatic rings. The fraction of sp³-hybridized carbons (Fsp3) is 0.0392. The Balaban J connectivity index is 0.938. The maximum absolute atomic E-state index is 13.7. The van der Waals surface area contributed by atoms with Crippen LogP contribution in [0.4, 0.5) is 38.9 Å². The summed E-state index contributed by atoms with van der Waals surface area (Å²) in [6.45, 7) is 3.08. The van der Waals surface area contributed by atoms with Gasteiger partial charge in [-0.3, -0.25) is 9.59 Å². The monoisotopic (exact) mass is 1290 g/mol. The molecule has 8 rings (SSSR count). The van der Waals surface area contributed by atoms with Gasteiger partial charge in [-0.05, 0) is 97.8 Å². The SMILES string of the molecule is Cc1ccc(C(=O)[NH2+]c2ccc(S(=O)(=O)[O-])c3c2C(S(=O)(=O)[O-])=[C+]C(S(=O)(=O)[O-])=[C+]3)cc1NC(=O)c1cccc(NC(=O)Nc2cccc(C(=O)Nc3cc(C(=O)[NH2+]c4ccc(S(=O)(=O)[O-])c5c4C(S(=O)(=O)[O-])=[C+]C(S(=O)(=O)[O-])=[C+]5)ccc3C)c2)c1. The Morgan fingerprint density at radius 1 is 0.395 bits per heavy atom. The van der Waals surface area contributed by atoms with E-state index in [-0.39, 0.29) is 45.0 Å². The Kier molecular flexibility index (Phi) is 16.8. The second-order valence-electron chi connectivity index (χ2n) is 18.1. The van der Waals surface area contributed by atoms with Crippen LogP contribution in [0.3, 0.4) is 0 Å². The van der Waals surface area contributed by atoms with Crippen molar-refractivity contribution in [3.63, 3.8) is 0 Å². The van der Waals surface area contributed by atoms with Crippen LogP contribution >= 0.6 is 0 Å². The quantitative estimate of drug-likeness (QED) is 0.0445. The van der Waals surface area contributed by atoms with E-state index >= 15 is 0 Å². The van der Waals surface area contributed by atoms with Crippen molar-refractivity contribution in [2.75, 3.05) is 21.3 Å². The fourth-order valence-electron chi connectivity index (χ4n) is 8.27. The summed E-state index contributed by atoms with van der Waals surface area (Å²) in [6.07, 6.45) is 6.81. The molecule has 35 heteroatoms. The van der Waals surface area contributed by atoms with E-state index in [0.29, 0.717) is 33.9 Å². The van der Waals surface area contributed by atoms with Crippen LogP contribution in [-0.4, -0.2) is 107 Å². The number of primary amides is 2. The first-order valence-electron chi connectivity index (χ1n) is 23.3. The van der Waals surface area contributed by atoms with Gasteiger partial charge >= 0.3 is 37.5 Å². The summed E-state index contributed by atoms with van der Waals surface area (Å²) in [5.41, 5.74) is -4.80.